The molecule has 1 aliphatic rings. The van der Waals surface area contributed by atoms with Gasteiger partial charge >= 0.3 is 0 Å². The van der Waals surface area contributed by atoms with Crippen LogP contribution in [0.3, 0.4) is 0 Å². The fourth-order valence-electron chi connectivity index (χ4n) is 3.07. The number of rotatable bonds is 1. The maximum Gasteiger partial charge on any atom is 0.257 e. The number of hydrogen-bond acceptors (Lipinski definition) is 2. The molecule has 0 spiro atoms. The molecular formula is C14H23N3O. The molecule has 1 fully saturated rings. The van der Waals surface area contributed by atoms with E-state index in [1.807, 2.05) is 25.8 Å². The number of hydrogen-bond donors (Lipinski definition) is 0. The second kappa shape index (κ2) is 4.75. The van der Waals surface area contributed by atoms with Gasteiger partial charge in [-0.1, -0.05) is 13.8 Å². The number of carbonyl (C=O) groups excluding carboxylic acids is 1. The number of aryl methyl sites for hydroxylation is 2. The minimum absolute atomic E-state index is 0.150. The number of carbonyl (C=O) groups is 1. The Bertz CT molecular complexity index is 454. The van der Waals surface area contributed by atoms with E-state index in [-0.39, 0.29) is 5.91 Å². The summed E-state index contributed by atoms with van der Waals surface area (Å²) >= 11 is 0. The van der Waals surface area contributed by atoms with Gasteiger partial charge in [-0.2, -0.15) is 5.10 Å². The smallest absolute Gasteiger partial charge is 0.257 e. The summed E-state index contributed by atoms with van der Waals surface area (Å²) in [5.74, 6) is 1.33. The predicted octanol–water partition coefficient (Wildman–Crippen LogP) is 2.16. The van der Waals surface area contributed by atoms with Crippen molar-refractivity contribution >= 4 is 5.91 Å². The summed E-state index contributed by atoms with van der Waals surface area (Å²) in [5, 5.41) is 4.33. The first-order chi connectivity index (χ1) is 8.40. The van der Waals surface area contributed by atoms with Gasteiger partial charge in [0.05, 0.1) is 11.3 Å². The molecule has 0 aromatic carbocycles. The van der Waals surface area contributed by atoms with Gasteiger partial charge < -0.3 is 4.90 Å². The first-order valence-electron chi connectivity index (χ1n) is 6.69. The molecule has 2 atom stereocenters. The number of piperidine rings is 1. The second-order valence-corrected chi connectivity index (χ2v) is 5.83. The largest absolute Gasteiger partial charge is 0.338 e. The summed E-state index contributed by atoms with van der Waals surface area (Å²) in [6.45, 7) is 10.1. The van der Waals surface area contributed by atoms with Crippen LogP contribution < -0.4 is 0 Å². The lowest BCUT2D eigenvalue weighted by Crippen LogP contribution is -2.42. The van der Waals surface area contributed by atoms with Crippen molar-refractivity contribution in [3.63, 3.8) is 0 Å². The molecule has 100 valence electrons. The topological polar surface area (TPSA) is 38.1 Å². The molecule has 1 aromatic heterocycles. The summed E-state index contributed by atoms with van der Waals surface area (Å²) in [5.41, 5.74) is 2.59. The number of likely N-dealkylation sites (tertiary alicyclic amines) is 1. The quantitative estimate of drug-likeness (QED) is 0.765. The highest BCUT2D eigenvalue weighted by Crippen LogP contribution is 2.24. The van der Waals surface area contributed by atoms with E-state index in [2.05, 4.69) is 18.9 Å². The van der Waals surface area contributed by atoms with Crippen LogP contribution >= 0.6 is 0 Å². The van der Waals surface area contributed by atoms with Crippen molar-refractivity contribution in [2.24, 2.45) is 18.9 Å². The summed E-state index contributed by atoms with van der Waals surface area (Å²) < 4.78 is 1.79. The highest BCUT2D eigenvalue weighted by Gasteiger charge is 2.29. The summed E-state index contributed by atoms with van der Waals surface area (Å²) in [4.78, 5) is 14.6. The van der Waals surface area contributed by atoms with Gasteiger partial charge in [0.15, 0.2) is 0 Å². The van der Waals surface area contributed by atoms with E-state index in [1.165, 1.54) is 6.42 Å². The summed E-state index contributed by atoms with van der Waals surface area (Å²) in [6.07, 6.45) is 1.22. The zero-order valence-corrected chi connectivity index (χ0v) is 12.0. The molecule has 0 radical (unpaired) electrons. The van der Waals surface area contributed by atoms with E-state index in [4.69, 9.17) is 0 Å². The molecule has 0 bridgehead atoms. The Labute approximate surface area is 109 Å². The molecule has 4 nitrogen and oxygen atoms in total. The van der Waals surface area contributed by atoms with Crippen LogP contribution in [-0.2, 0) is 7.05 Å². The van der Waals surface area contributed by atoms with Gasteiger partial charge in [0.25, 0.3) is 5.91 Å². The lowest BCUT2D eigenvalue weighted by molar-refractivity contribution is 0.0621. The van der Waals surface area contributed by atoms with E-state index in [0.29, 0.717) is 11.8 Å². The molecule has 2 rings (SSSR count). The fourth-order valence-corrected chi connectivity index (χ4v) is 3.07. The van der Waals surface area contributed by atoms with Gasteiger partial charge in [0, 0.05) is 25.8 Å². The van der Waals surface area contributed by atoms with E-state index in [9.17, 15) is 4.79 Å². The molecule has 1 saturated heterocycles. The Morgan fingerprint density at radius 2 is 1.78 bits per heavy atom. The molecule has 2 heterocycles. The molecule has 0 N–H and O–H groups in total. The molecular weight excluding hydrogens is 226 g/mol. The van der Waals surface area contributed by atoms with Crippen LogP contribution in [0, 0.1) is 25.7 Å². The van der Waals surface area contributed by atoms with Crippen LogP contribution in [0.25, 0.3) is 0 Å². The van der Waals surface area contributed by atoms with Gasteiger partial charge in [0.1, 0.15) is 0 Å². The highest BCUT2D eigenvalue weighted by atomic mass is 16.2. The Kier molecular flexibility index (Phi) is 3.46. The van der Waals surface area contributed by atoms with Crippen LogP contribution in [0.1, 0.15) is 42.0 Å². The molecule has 1 amide bonds. The predicted molar refractivity (Wildman–Crippen MR) is 71.5 cm³/mol. The van der Waals surface area contributed by atoms with Crippen molar-refractivity contribution < 1.29 is 4.79 Å². The third kappa shape index (κ3) is 2.28. The molecule has 1 aliphatic heterocycles. The lowest BCUT2D eigenvalue weighted by Gasteiger charge is -2.35. The molecule has 0 saturated carbocycles. The van der Waals surface area contributed by atoms with E-state index in [1.54, 1.807) is 4.68 Å². The van der Waals surface area contributed by atoms with Crippen molar-refractivity contribution in [2.45, 2.75) is 34.1 Å². The van der Waals surface area contributed by atoms with E-state index >= 15 is 0 Å². The second-order valence-electron chi connectivity index (χ2n) is 5.83. The van der Waals surface area contributed by atoms with Crippen LogP contribution in [0.4, 0.5) is 0 Å². The first kappa shape index (κ1) is 13.1. The van der Waals surface area contributed by atoms with Crippen molar-refractivity contribution in [1.29, 1.82) is 0 Å². The Morgan fingerprint density at radius 1 is 1.22 bits per heavy atom. The average molecular weight is 249 g/mol. The molecule has 4 heteroatoms. The van der Waals surface area contributed by atoms with Crippen molar-refractivity contribution in [1.82, 2.24) is 14.7 Å². The third-order valence-corrected chi connectivity index (χ3v) is 3.88. The molecule has 0 aliphatic carbocycles. The number of aromatic nitrogens is 2. The van der Waals surface area contributed by atoms with Crippen LogP contribution in [-0.4, -0.2) is 33.7 Å². The first-order valence-corrected chi connectivity index (χ1v) is 6.69. The zero-order chi connectivity index (χ0) is 13.4. The van der Waals surface area contributed by atoms with Crippen LogP contribution in [0.2, 0.25) is 0 Å². The van der Waals surface area contributed by atoms with Gasteiger partial charge in [-0.25, -0.2) is 0 Å². The van der Waals surface area contributed by atoms with Crippen molar-refractivity contribution in [3.8, 4) is 0 Å². The summed E-state index contributed by atoms with van der Waals surface area (Å²) in [6, 6.07) is 0. The number of nitrogens with zero attached hydrogens (tertiary/aromatic N) is 3. The van der Waals surface area contributed by atoms with Crippen molar-refractivity contribution in [2.75, 3.05) is 13.1 Å². The normalized spacial score (nSPS) is 24.4. The lowest BCUT2D eigenvalue weighted by atomic mass is 9.91. The molecule has 1 aromatic rings. The maximum absolute atomic E-state index is 12.6. The van der Waals surface area contributed by atoms with E-state index < -0.39 is 0 Å². The Balaban J connectivity index is 2.25. The van der Waals surface area contributed by atoms with Crippen molar-refractivity contribution in [3.05, 3.63) is 17.0 Å². The van der Waals surface area contributed by atoms with Gasteiger partial charge in [-0.3, -0.25) is 9.48 Å². The molecule has 18 heavy (non-hydrogen) atoms. The molecule has 2 unspecified atom stereocenters. The minimum atomic E-state index is 0.150. The fraction of sp³-hybridized carbons (Fsp3) is 0.714. The average Bonchev–Trinajstić information content (AvgIpc) is 2.51. The standard InChI is InChI=1S/C14H23N3O/c1-9-6-10(2)8-17(7-9)14(18)13-11(3)15-16(5)12(13)4/h9-10H,6-8H2,1-5H3. The maximum atomic E-state index is 12.6. The van der Waals surface area contributed by atoms with Crippen LogP contribution in [0.5, 0.6) is 0 Å². The minimum Gasteiger partial charge on any atom is -0.338 e. The third-order valence-electron chi connectivity index (χ3n) is 3.88. The van der Waals surface area contributed by atoms with Gasteiger partial charge in [-0.15, -0.1) is 0 Å². The van der Waals surface area contributed by atoms with Gasteiger partial charge in [-0.05, 0) is 32.1 Å². The van der Waals surface area contributed by atoms with Crippen LogP contribution in [0.15, 0.2) is 0 Å². The van der Waals surface area contributed by atoms with E-state index in [0.717, 1.165) is 30.0 Å². The SMILES string of the molecule is Cc1nn(C)c(C)c1C(=O)N1CC(C)CC(C)C1. The monoisotopic (exact) mass is 249 g/mol. The number of amides is 1. The Morgan fingerprint density at radius 3 is 2.22 bits per heavy atom. The zero-order valence-electron chi connectivity index (χ0n) is 12.0. The summed E-state index contributed by atoms with van der Waals surface area (Å²) in [7, 11) is 1.89. The highest BCUT2D eigenvalue weighted by molar-refractivity contribution is 5.96. The Hall–Kier alpha value is -1.32. The van der Waals surface area contributed by atoms with Gasteiger partial charge in [0.2, 0.25) is 0 Å².